The maximum absolute atomic E-state index is 5.33. The van der Waals surface area contributed by atoms with Gasteiger partial charge in [0, 0.05) is 32.3 Å². The highest BCUT2D eigenvalue weighted by Crippen LogP contribution is 2.28. The van der Waals surface area contributed by atoms with E-state index in [1.54, 1.807) is 7.11 Å². The van der Waals surface area contributed by atoms with E-state index < -0.39 is 0 Å². The van der Waals surface area contributed by atoms with Crippen LogP contribution >= 0.6 is 0 Å². The second kappa shape index (κ2) is 6.14. The van der Waals surface area contributed by atoms with E-state index in [9.17, 15) is 0 Å². The zero-order chi connectivity index (χ0) is 12.1. The van der Waals surface area contributed by atoms with Gasteiger partial charge in [-0.1, -0.05) is 5.16 Å². The molecule has 1 aliphatic carbocycles. The minimum Gasteiger partial charge on any atom is -0.383 e. The molecule has 0 amide bonds. The van der Waals surface area contributed by atoms with E-state index in [1.165, 1.54) is 12.8 Å². The number of ether oxygens (including phenoxy) is 1. The molecule has 5 heteroatoms. The maximum atomic E-state index is 5.33. The lowest BCUT2D eigenvalue weighted by Crippen LogP contribution is -2.28. The molecule has 0 unspecified atom stereocenters. The van der Waals surface area contributed by atoms with Crippen LogP contribution in [0, 0.1) is 0 Å². The Hall–Kier alpha value is -0.910. The molecule has 17 heavy (non-hydrogen) atoms. The number of aromatic nitrogens is 1. The topological polar surface area (TPSA) is 50.5 Å². The van der Waals surface area contributed by atoms with Crippen molar-refractivity contribution in [3.63, 3.8) is 0 Å². The second-order valence-electron chi connectivity index (χ2n) is 4.51. The van der Waals surface area contributed by atoms with E-state index in [-0.39, 0.29) is 0 Å². The summed E-state index contributed by atoms with van der Waals surface area (Å²) in [7, 11) is 3.65. The monoisotopic (exact) mass is 239 g/mol. The van der Waals surface area contributed by atoms with E-state index in [0.717, 1.165) is 37.7 Å². The van der Waals surface area contributed by atoms with Crippen molar-refractivity contribution in [2.75, 3.05) is 27.3 Å². The molecule has 1 aliphatic rings. The largest absolute Gasteiger partial charge is 0.383 e. The summed E-state index contributed by atoms with van der Waals surface area (Å²) >= 11 is 0. The molecule has 0 bridgehead atoms. The Bertz CT molecular complexity index is 336. The van der Waals surface area contributed by atoms with Crippen molar-refractivity contribution in [2.24, 2.45) is 0 Å². The van der Waals surface area contributed by atoms with Crippen molar-refractivity contribution in [1.82, 2.24) is 15.4 Å². The quantitative estimate of drug-likeness (QED) is 0.733. The Morgan fingerprint density at radius 3 is 3.06 bits per heavy atom. The van der Waals surface area contributed by atoms with Crippen LogP contribution in [0.4, 0.5) is 0 Å². The first-order valence-electron chi connectivity index (χ1n) is 6.15. The van der Waals surface area contributed by atoms with Crippen LogP contribution in [-0.2, 0) is 17.8 Å². The van der Waals surface area contributed by atoms with Crippen LogP contribution in [0.3, 0.4) is 0 Å². The fourth-order valence-electron chi connectivity index (χ4n) is 1.93. The minimum atomic E-state index is 0.711. The average Bonchev–Trinajstić information content (AvgIpc) is 3.08. The average molecular weight is 239 g/mol. The van der Waals surface area contributed by atoms with Gasteiger partial charge in [-0.2, -0.15) is 0 Å². The molecule has 0 atom stereocenters. The summed E-state index contributed by atoms with van der Waals surface area (Å²) < 4.78 is 10.5. The summed E-state index contributed by atoms with van der Waals surface area (Å²) in [6.07, 6.45) is 2.59. The van der Waals surface area contributed by atoms with Crippen LogP contribution in [0.2, 0.25) is 0 Å². The molecular weight excluding hydrogens is 218 g/mol. The lowest BCUT2D eigenvalue weighted by molar-refractivity contribution is 0.132. The summed E-state index contributed by atoms with van der Waals surface area (Å²) in [5.74, 6) is 0.943. The summed E-state index contributed by atoms with van der Waals surface area (Å²) in [6.45, 7) is 3.33. The van der Waals surface area contributed by atoms with Crippen molar-refractivity contribution >= 4 is 0 Å². The first kappa shape index (κ1) is 12.5. The van der Waals surface area contributed by atoms with Crippen LogP contribution in [0.15, 0.2) is 10.6 Å². The molecule has 0 spiro atoms. The fourth-order valence-corrected chi connectivity index (χ4v) is 1.93. The molecule has 1 aromatic heterocycles. The van der Waals surface area contributed by atoms with Crippen molar-refractivity contribution in [2.45, 2.75) is 32.0 Å². The second-order valence-corrected chi connectivity index (χ2v) is 4.51. The maximum Gasteiger partial charge on any atom is 0.151 e. The lowest BCUT2D eigenvalue weighted by atomic mass is 10.3. The SMILES string of the molecule is CNCc1cc(CN(CCOC)C2CC2)on1. The van der Waals surface area contributed by atoms with Gasteiger partial charge in [-0.05, 0) is 19.9 Å². The third kappa shape index (κ3) is 3.80. The lowest BCUT2D eigenvalue weighted by Gasteiger charge is -2.19. The van der Waals surface area contributed by atoms with Crippen LogP contribution in [0.25, 0.3) is 0 Å². The van der Waals surface area contributed by atoms with E-state index >= 15 is 0 Å². The van der Waals surface area contributed by atoms with Crippen LogP contribution in [0.1, 0.15) is 24.3 Å². The Balaban J connectivity index is 1.87. The molecule has 5 nitrogen and oxygen atoms in total. The predicted molar refractivity (Wildman–Crippen MR) is 64.6 cm³/mol. The van der Waals surface area contributed by atoms with Gasteiger partial charge in [0.25, 0.3) is 0 Å². The Labute approximate surface area is 102 Å². The van der Waals surface area contributed by atoms with Crippen LogP contribution in [-0.4, -0.2) is 43.4 Å². The Morgan fingerprint density at radius 2 is 2.41 bits per heavy atom. The number of nitrogens with zero attached hydrogens (tertiary/aromatic N) is 2. The molecule has 1 aromatic rings. The third-order valence-electron chi connectivity index (χ3n) is 2.97. The van der Waals surface area contributed by atoms with Gasteiger partial charge in [-0.15, -0.1) is 0 Å². The molecule has 1 heterocycles. The summed E-state index contributed by atoms with van der Waals surface area (Å²) in [4.78, 5) is 2.41. The summed E-state index contributed by atoms with van der Waals surface area (Å²) in [5, 5.41) is 7.09. The molecule has 0 saturated heterocycles. The highest BCUT2D eigenvalue weighted by Gasteiger charge is 2.29. The van der Waals surface area contributed by atoms with Crippen molar-refractivity contribution in [3.05, 3.63) is 17.5 Å². The molecule has 1 saturated carbocycles. The van der Waals surface area contributed by atoms with Crippen LogP contribution in [0.5, 0.6) is 0 Å². The molecule has 0 radical (unpaired) electrons. The Morgan fingerprint density at radius 1 is 1.59 bits per heavy atom. The number of nitrogens with one attached hydrogen (secondary N) is 1. The standard InChI is InChI=1S/C12H21N3O2/c1-13-8-10-7-12(17-14-10)9-15(5-6-16-2)11-3-4-11/h7,11,13H,3-6,8-9H2,1-2H3. The van der Waals surface area contributed by atoms with Gasteiger partial charge in [0.2, 0.25) is 0 Å². The highest BCUT2D eigenvalue weighted by molar-refractivity contribution is 5.05. The molecular formula is C12H21N3O2. The summed E-state index contributed by atoms with van der Waals surface area (Å²) in [6, 6.07) is 2.74. The van der Waals surface area contributed by atoms with Crippen molar-refractivity contribution in [3.8, 4) is 0 Å². The van der Waals surface area contributed by atoms with Crippen molar-refractivity contribution < 1.29 is 9.26 Å². The minimum absolute atomic E-state index is 0.711. The van der Waals surface area contributed by atoms with E-state index in [0.29, 0.717) is 6.04 Å². The van der Waals surface area contributed by atoms with Crippen LogP contribution < -0.4 is 5.32 Å². The van der Waals surface area contributed by atoms with Gasteiger partial charge < -0.3 is 14.6 Å². The number of hydrogen-bond acceptors (Lipinski definition) is 5. The van der Waals surface area contributed by atoms with Gasteiger partial charge >= 0.3 is 0 Å². The fraction of sp³-hybridized carbons (Fsp3) is 0.750. The zero-order valence-corrected chi connectivity index (χ0v) is 10.6. The van der Waals surface area contributed by atoms with Gasteiger partial charge in [0.15, 0.2) is 5.76 Å². The first-order valence-corrected chi connectivity index (χ1v) is 6.15. The molecule has 0 aliphatic heterocycles. The number of hydrogen-bond donors (Lipinski definition) is 1. The van der Waals surface area contributed by atoms with E-state index in [2.05, 4.69) is 15.4 Å². The highest BCUT2D eigenvalue weighted by atomic mass is 16.5. The summed E-state index contributed by atoms with van der Waals surface area (Å²) in [5.41, 5.74) is 0.963. The van der Waals surface area contributed by atoms with Gasteiger partial charge in [-0.25, -0.2) is 0 Å². The van der Waals surface area contributed by atoms with Gasteiger partial charge in [0.05, 0.1) is 18.8 Å². The number of rotatable bonds is 8. The normalized spacial score (nSPS) is 15.7. The zero-order valence-electron chi connectivity index (χ0n) is 10.6. The molecule has 1 fully saturated rings. The van der Waals surface area contributed by atoms with E-state index in [1.807, 2.05) is 13.1 Å². The smallest absolute Gasteiger partial charge is 0.151 e. The first-order chi connectivity index (χ1) is 8.33. The van der Waals surface area contributed by atoms with Gasteiger partial charge in [0.1, 0.15) is 0 Å². The molecule has 1 N–H and O–H groups in total. The van der Waals surface area contributed by atoms with E-state index in [4.69, 9.17) is 9.26 Å². The van der Waals surface area contributed by atoms with Crippen molar-refractivity contribution in [1.29, 1.82) is 0 Å². The molecule has 0 aromatic carbocycles. The third-order valence-corrected chi connectivity index (χ3v) is 2.97. The van der Waals surface area contributed by atoms with Gasteiger partial charge in [-0.3, -0.25) is 4.90 Å². The molecule has 96 valence electrons. The predicted octanol–water partition coefficient (Wildman–Crippen LogP) is 1.00. The number of methoxy groups -OCH3 is 1. The Kier molecular flexibility index (Phi) is 4.53. The molecule has 2 rings (SSSR count).